The minimum absolute atomic E-state index is 0.866. The molecule has 3 heteroatoms. The van der Waals surface area contributed by atoms with Crippen molar-refractivity contribution < 1.29 is 4.84 Å². The van der Waals surface area contributed by atoms with Gasteiger partial charge in [-0.15, -0.1) is 6.58 Å². The van der Waals surface area contributed by atoms with Gasteiger partial charge in [-0.2, -0.15) is 0 Å². The van der Waals surface area contributed by atoms with Gasteiger partial charge in [-0.25, -0.2) is 5.15 Å². The second-order valence-electron chi connectivity index (χ2n) is 2.51. The fraction of sp³-hybridized carbons (Fsp3) is 0.667. The Morgan fingerprint density at radius 3 is 2.89 bits per heavy atom. The van der Waals surface area contributed by atoms with Crippen molar-refractivity contribution >= 4 is 8.96 Å². The van der Waals surface area contributed by atoms with Gasteiger partial charge in [-0.1, -0.05) is 5.20 Å². The highest BCUT2D eigenvalue weighted by Gasteiger charge is 2.14. The predicted molar refractivity (Wildman–Crippen MR) is 40.5 cm³/mol. The van der Waals surface area contributed by atoms with Crippen LogP contribution >= 0.6 is 0 Å². The van der Waals surface area contributed by atoms with E-state index >= 15 is 0 Å². The Morgan fingerprint density at radius 2 is 2.56 bits per heavy atom. The van der Waals surface area contributed by atoms with Crippen LogP contribution < -0.4 is 5.15 Å². The summed E-state index contributed by atoms with van der Waals surface area (Å²) in [7, 11) is -0.866. The maximum Gasteiger partial charge on any atom is 0.166 e. The summed E-state index contributed by atoms with van der Waals surface area (Å²) in [5.41, 5.74) is 0. The van der Waals surface area contributed by atoms with E-state index < -0.39 is 8.96 Å². The van der Waals surface area contributed by atoms with Crippen LogP contribution in [0, 0.1) is 0 Å². The van der Waals surface area contributed by atoms with E-state index in [1.807, 2.05) is 0 Å². The molecule has 0 spiro atoms. The lowest BCUT2D eigenvalue weighted by molar-refractivity contribution is 0.0784. The number of nitrogens with one attached hydrogen (secondary N) is 1. The maximum absolute atomic E-state index is 5.09. The molecule has 0 aromatic heterocycles. The van der Waals surface area contributed by atoms with Crippen molar-refractivity contribution in [2.45, 2.75) is 19.4 Å². The van der Waals surface area contributed by atoms with Crippen molar-refractivity contribution in [1.29, 1.82) is 0 Å². The molecule has 52 valence electrons. The average molecular weight is 143 g/mol. The molecule has 0 saturated carbocycles. The van der Waals surface area contributed by atoms with Gasteiger partial charge in [0.1, 0.15) is 0 Å². The lowest BCUT2D eigenvalue weighted by Crippen LogP contribution is -2.39. The molecular weight excluding hydrogens is 130 g/mol. The third-order valence-corrected chi connectivity index (χ3v) is 4.19. The zero-order valence-electron chi connectivity index (χ0n) is 5.81. The van der Waals surface area contributed by atoms with Crippen LogP contribution in [0.3, 0.4) is 0 Å². The monoisotopic (exact) mass is 143 g/mol. The van der Waals surface area contributed by atoms with E-state index in [1.54, 1.807) is 0 Å². The van der Waals surface area contributed by atoms with Crippen LogP contribution in [0.1, 0.15) is 13.3 Å². The van der Waals surface area contributed by atoms with Gasteiger partial charge >= 0.3 is 0 Å². The highest BCUT2D eigenvalue weighted by molar-refractivity contribution is 6.63. The van der Waals surface area contributed by atoms with Crippen molar-refractivity contribution in [2.75, 3.05) is 6.61 Å². The van der Waals surface area contributed by atoms with Gasteiger partial charge in [0.05, 0.1) is 6.61 Å². The lowest BCUT2D eigenvalue weighted by Gasteiger charge is -2.21. The van der Waals surface area contributed by atoms with Crippen molar-refractivity contribution in [3.05, 3.63) is 11.8 Å². The van der Waals surface area contributed by atoms with E-state index in [4.69, 9.17) is 4.84 Å². The molecule has 0 radical (unpaired) electrons. The molecule has 0 amide bonds. The molecule has 0 aromatic rings. The van der Waals surface area contributed by atoms with Gasteiger partial charge in [0.15, 0.2) is 8.96 Å². The van der Waals surface area contributed by atoms with Crippen LogP contribution in [0.4, 0.5) is 0 Å². The molecule has 0 aliphatic carbocycles. The van der Waals surface area contributed by atoms with Crippen LogP contribution in [0.25, 0.3) is 0 Å². The van der Waals surface area contributed by atoms with E-state index in [0.29, 0.717) is 0 Å². The molecule has 1 atom stereocenters. The molecule has 1 fully saturated rings. The zero-order chi connectivity index (χ0) is 6.69. The highest BCUT2D eigenvalue weighted by Crippen LogP contribution is 2.07. The minimum Gasteiger partial charge on any atom is -0.309 e. The fourth-order valence-electron chi connectivity index (χ4n) is 0.925. The first-order valence-corrected chi connectivity index (χ1v) is 5.30. The smallest absolute Gasteiger partial charge is 0.166 e. The lowest BCUT2D eigenvalue weighted by atomic mass is 10.5. The molecule has 1 rings (SSSR count). The van der Waals surface area contributed by atoms with Gasteiger partial charge < -0.3 is 4.84 Å². The summed E-state index contributed by atoms with van der Waals surface area (Å²) in [6.07, 6.45) is 1.21. The first-order chi connectivity index (χ1) is 4.30. The van der Waals surface area contributed by atoms with Crippen molar-refractivity contribution in [2.24, 2.45) is 0 Å². The summed E-state index contributed by atoms with van der Waals surface area (Å²) in [5.74, 6) is 0. The average Bonchev–Trinajstić information content (AvgIpc) is 1.90. The maximum atomic E-state index is 5.09. The van der Waals surface area contributed by atoms with E-state index in [-0.39, 0.29) is 0 Å². The molecule has 1 aliphatic rings. The van der Waals surface area contributed by atoms with E-state index in [1.165, 1.54) is 17.7 Å². The molecule has 1 aliphatic heterocycles. The van der Waals surface area contributed by atoms with Gasteiger partial charge in [0.25, 0.3) is 0 Å². The van der Waals surface area contributed by atoms with Crippen molar-refractivity contribution in [1.82, 2.24) is 5.15 Å². The molecule has 0 aromatic carbocycles. The first-order valence-electron chi connectivity index (χ1n) is 3.33. The summed E-state index contributed by atoms with van der Waals surface area (Å²) in [5, 5.41) is 4.36. The van der Waals surface area contributed by atoms with Gasteiger partial charge in [-0.3, -0.25) is 0 Å². The normalized spacial score (nSPS) is 27.9. The number of allylic oxidation sites excluding steroid dienone is 1. The zero-order valence-corrected chi connectivity index (χ0v) is 6.97. The fourth-order valence-corrected chi connectivity index (χ4v) is 2.63. The molecule has 1 unspecified atom stereocenters. The van der Waals surface area contributed by atoms with Crippen molar-refractivity contribution in [3.63, 3.8) is 0 Å². The molecular formula is C6H13NOSi. The Labute approximate surface area is 57.5 Å². The number of hydrogen-bond donors (Lipinski definition) is 1. The quantitative estimate of drug-likeness (QED) is 0.547. The van der Waals surface area contributed by atoms with E-state index in [2.05, 4.69) is 18.6 Å². The summed E-state index contributed by atoms with van der Waals surface area (Å²) in [6, 6.07) is 1.30. The van der Waals surface area contributed by atoms with E-state index in [9.17, 15) is 0 Å². The second-order valence-corrected chi connectivity index (χ2v) is 5.41. The Balaban J connectivity index is 2.31. The summed E-state index contributed by atoms with van der Waals surface area (Å²) in [4.78, 5) is 5.09. The Morgan fingerprint density at radius 1 is 1.78 bits per heavy atom. The SMILES string of the molecule is C=C(C)[SiH]1CCCON1. The summed E-state index contributed by atoms with van der Waals surface area (Å²) >= 11 is 0. The molecule has 0 bridgehead atoms. The third kappa shape index (κ3) is 1.93. The molecule has 9 heavy (non-hydrogen) atoms. The minimum atomic E-state index is -0.866. The van der Waals surface area contributed by atoms with E-state index in [0.717, 1.165) is 6.61 Å². The molecule has 1 saturated heterocycles. The third-order valence-electron chi connectivity index (χ3n) is 1.56. The Hall–Kier alpha value is -0.123. The Kier molecular flexibility index (Phi) is 2.45. The van der Waals surface area contributed by atoms with Gasteiger partial charge in [0.2, 0.25) is 0 Å². The standard InChI is InChI=1S/C6H13NOSi/c1-6(2)9-5-3-4-8-7-9/h7,9H,1,3-5H2,2H3. The topological polar surface area (TPSA) is 21.3 Å². The second kappa shape index (κ2) is 3.15. The van der Waals surface area contributed by atoms with Crippen LogP contribution in [-0.2, 0) is 4.84 Å². The van der Waals surface area contributed by atoms with Gasteiger partial charge in [0, 0.05) is 0 Å². The number of rotatable bonds is 1. The predicted octanol–water partition coefficient (Wildman–Crippen LogP) is 0.750. The molecule has 2 nitrogen and oxygen atoms in total. The molecule has 1 N–H and O–H groups in total. The first kappa shape index (κ1) is 6.99. The van der Waals surface area contributed by atoms with Crippen molar-refractivity contribution in [3.8, 4) is 0 Å². The van der Waals surface area contributed by atoms with Crippen LogP contribution in [0.2, 0.25) is 6.04 Å². The molecule has 1 heterocycles. The van der Waals surface area contributed by atoms with Crippen LogP contribution in [0.5, 0.6) is 0 Å². The van der Waals surface area contributed by atoms with Crippen LogP contribution in [0.15, 0.2) is 11.8 Å². The largest absolute Gasteiger partial charge is 0.309 e. The number of hydrogen-bond acceptors (Lipinski definition) is 2. The Bertz CT molecular complexity index is 110. The summed E-state index contributed by atoms with van der Waals surface area (Å²) < 4.78 is 0. The van der Waals surface area contributed by atoms with Gasteiger partial charge in [-0.05, 0) is 19.4 Å². The van der Waals surface area contributed by atoms with Crippen LogP contribution in [-0.4, -0.2) is 15.6 Å². The highest BCUT2D eigenvalue weighted by atomic mass is 28.3. The summed E-state index contributed by atoms with van der Waals surface area (Å²) in [6.45, 7) is 6.85.